The standard InChI is InChI=1S/C25H26FN3O4/c1-28-22(30)19-20(23(28)31)25(27-21(19)16-6-10-18(33-2)11-7-16)12-3-13-29(24(25)32)14-15-4-8-17(26)9-5-15/h4-11,19-21,27H,3,12-14H2,1-2H3/t19-,20-,21-,25-/m1/s1. The number of carbonyl (C=O) groups excluding carboxylic acids is 3. The Bertz CT molecular complexity index is 1100. The second kappa shape index (κ2) is 7.95. The average Bonchev–Trinajstić information content (AvgIpc) is 3.28. The summed E-state index contributed by atoms with van der Waals surface area (Å²) < 4.78 is 18.6. The number of rotatable bonds is 4. The molecule has 3 aliphatic rings. The van der Waals surface area contributed by atoms with Gasteiger partial charge in [-0.1, -0.05) is 24.3 Å². The van der Waals surface area contributed by atoms with Crippen LogP contribution in [0.4, 0.5) is 4.39 Å². The van der Waals surface area contributed by atoms with E-state index in [0.717, 1.165) is 11.1 Å². The zero-order chi connectivity index (χ0) is 23.3. The van der Waals surface area contributed by atoms with Gasteiger partial charge in [-0.3, -0.25) is 24.6 Å². The number of likely N-dealkylation sites (tertiary alicyclic amines) is 2. The third-order valence-corrected chi connectivity index (χ3v) is 7.30. The molecule has 2 aromatic carbocycles. The number of imide groups is 1. The summed E-state index contributed by atoms with van der Waals surface area (Å²) in [7, 11) is 3.07. The summed E-state index contributed by atoms with van der Waals surface area (Å²) in [6.07, 6.45) is 1.18. The summed E-state index contributed by atoms with van der Waals surface area (Å²) in [5.74, 6) is -1.81. The molecule has 0 radical (unpaired) electrons. The van der Waals surface area contributed by atoms with Gasteiger partial charge in [0.2, 0.25) is 17.7 Å². The summed E-state index contributed by atoms with van der Waals surface area (Å²) >= 11 is 0. The minimum Gasteiger partial charge on any atom is -0.497 e. The fraction of sp³-hybridized carbons (Fsp3) is 0.400. The maximum atomic E-state index is 13.9. The van der Waals surface area contributed by atoms with Crippen LogP contribution in [0.1, 0.15) is 30.0 Å². The van der Waals surface area contributed by atoms with Crippen LogP contribution in [0.25, 0.3) is 0 Å². The lowest BCUT2D eigenvalue weighted by molar-refractivity contribution is -0.149. The van der Waals surface area contributed by atoms with Crippen molar-refractivity contribution in [2.75, 3.05) is 20.7 Å². The first-order valence-corrected chi connectivity index (χ1v) is 11.1. The van der Waals surface area contributed by atoms with Gasteiger partial charge in [0.1, 0.15) is 17.1 Å². The van der Waals surface area contributed by atoms with E-state index in [-0.39, 0.29) is 23.5 Å². The molecule has 3 aliphatic heterocycles. The third-order valence-electron chi connectivity index (χ3n) is 7.30. The number of piperidine rings is 1. The lowest BCUT2D eigenvalue weighted by Gasteiger charge is -2.42. The van der Waals surface area contributed by atoms with E-state index in [4.69, 9.17) is 4.74 Å². The van der Waals surface area contributed by atoms with Crippen LogP contribution in [0.3, 0.4) is 0 Å². The van der Waals surface area contributed by atoms with Crippen molar-refractivity contribution >= 4 is 17.7 Å². The highest BCUT2D eigenvalue weighted by Gasteiger charge is 2.68. The molecular formula is C25H26FN3O4. The van der Waals surface area contributed by atoms with Gasteiger partial charge < -0.3 is 9.64 Å². The molecule has 8 heteroatoms. The van der Waals surface area contributed by atoms with Crippen LogP contribution < -0.4 is 10.1 Å². The maximum absolute atomic E-state index is 13.9. The van der Waals surface area contributed by atoms with Crippen molar-refractivity contribution in [3.8, 4) is 5.75 Å². The van der Waals surface area contributed by atoms with Crippen molar-refractivity contribution < 1.29 is 23.5 Å². The van der Waals surface area contributed by atoms with Gasteiger partial charge in [-0.05, 0) is 48.2 Å². The second-order valence-electron chi connectivity index (χ2n) is 9.06. The molecule has 0 bridgehead atoms. The Labute approximate surface area is 191 Å². The number of fused-ring (bicyclic) bond motifs is 2. The van der Waals surface area contributed by atoms with Gasteiger partial charge in [0.15, 0.2) is 0 Å². The maximum Gasteiger partial charge on any atom is 0.244 e. The molecule has 1 spiro atoms. The van der Waals surface area contributed by atoms with E-state index >= 15 is 0 Å². The zero-order valence-corrected chi connectivity index (χ0v) is 18.6. The quantitative estimate of drug-likeness (QED) is 0.722. The Hall–Kier alpha value is -3.26. The summed E-state index contributed by atoms with van der Waals surface area (Å²) in [5, 5.41) is 3.46. The highest BCUT2D eigenvalue weighted by atomic mass is 19.1. The monoisotopic (exact) mass is 451 g/mol. The minimum atomic E-state index is -1.15. The van der Waals surface area contributed by atoms with Crippen molar-refractivity contribution in [2.24, 2.45) is 11.8 Å². The van der Waals surface area contributed by atoms with Crippen LogP contribution in [0.2, 0.25) is 0 Å². The molecule has 3 saturated heterocycles. The van der Waals surface area contributed by atoms with Gasteiger partial charge in [-0.2, -0.15) is 0 Å². The molecule has 0 aromatic heterocycles. The summed E-state index contributed by atoms with van der Waals surface area (Å²) in [5.41, 5.74) is 0.502. The molecule has 1 N–H and O–H groups in total. The van der Waals surface area contributed by atoms with E-state index in [9.17, 15) is 18.8 Å². The number of nitrogens with one attached hydrogen (secondary N) is 1. The highest BCUT2D eigenvalue weighted by molar-refractivity contribution is 6.10. The normalized spacial score (nSPS) is 29.2. The number of hydrogen-bond donors (Lipinski definition) is 1. The van der Waals surface area contributed by atoms with Crippen LogP contribution in [-0.2, 0) is 20.9 Å². The first kappa shape index (κ1) is 21.6. The Morgan fingerprint density at radius 3 is 2.42 bits per heavy atom. The molecule has 5 rings (SSSR count). The van der Waals surface area contributed by atoms with Gasteiger partial charge in [0.05, 0.1) is 18.9 Å². The first-order valence-electron chi connectivity index (χ1n) is 11.1. The van der Waals surface area contributed by atoms with Gasteiger partial charge in [-0.15, -0.1) is 0 Å². The predicted octanol–water partition coefficient (Wildman–Crippen LogP) is 2.27. The average molecular weight is 451 g/mol. The molecule has 2 aromatic rings. The van der Waals surface area contributed by atoms with Gasteiger partial charge in [0.25, 0.3) is 0 Å². The topological polar surface area (TPSA) is 79.0 Å². The summed E-state index contributed by atoms with van der Waals surface area (Å²) in [4.78, 5) is 43.1. The zero-order valence-electron chi connectivity index (χ0n) is 18.6. The second-order valence-corrected chi connectivity index (χ2v) is 9.06. The number of ether oxygens (including phenoxy) is 1. The van der Waals surface area contributed by atoms with Crippen molar-refractivity contribution in [3.63, 3.8) is 0 Å². The molecule has 0 unspecified atom stereocenters. The molecule has 4 atom stereocenters. The van der Waals surface area contributed by atoms with E-state index in [2.05, 4.69) is 5.32 Å². The van der Waals surface area contributed by atoms with Crippen LogP contribution >= 0.6 is 0 Å². The Morgan fingerprint density at radius 1 is 1.06 bits per heavy atom. The lowest BCUT2D eigenvalue weighted by atomic mass is 9.74. The molecule has 0 saturated carbocycles. The predicted molar refractivity (Wildman–Crippen MR) is 117 cm³/mol. The SMILES string of the molecule is COc1ccc([C@H]2N[C@]3(CCCN(Cc4ccc(F)cc4)C3=O)[C@H]3C(=O)N(C)C(=O)[C@@H]23)cc1. The van der Waals surface area contributed by atoms with Crippen LogP contribution in [0.15, 0.2) is 48.5 Å². The molecule has 3 fully saturated rings. The summed E-state index contributed by atoms with van der Waals surface area (Å²) in [6.45, 7) is 0.868. The number of hydrogen-bond acceptors (Lipinski definition) is 5. The number of benzene rings is 2. The highest BCUT2D eigenvalue weighted by Crippen LogP contribution is 2.51. The van der Waals surface area contributed by atoms with Crippen molar-refractivity contribution in [3.05, 3.63) is 65.5 Å². The largest absolute Gasteiger partial charge is 0.497 e. The van der Waals surface area contributed by atoms with E-state index in [1.807, 2.05) is 24.3 Å². The van der Waals surface area contributed by atoms with Crippen LogP contribution in [-0.4, -0.2) is 53.8 Å². The Balaban J connectivity index is 1.51. The van der Waals surface area contributed by atoms with Gasteiger partial charge >= 0.3 is 0 Å². The van der Waals surface area contributed by atoms with E-state index in [1.165, 1.54) is 24.1 Å². The molecule has 33 heavy (non-hydrogen) atoms. The van der Waals surface area contributed by atoms with Crippen LogP contribution in [0, 0.1) is 17.7 Å². The van der Waals surface area contributed by atoms with Crippen molar-refractivity contribution in [2.45, 2.75) is 31.0 Å². The number of nitrogens with zero attached hydrogens (tertiary/aromatic N) is 2. The van der Waals surface area contributed by atoms with E-state index < -0.39 is 23.4 Å². The molecule has 7 nitrogen and oxygen atoms in total. The number of amides is 3. The molecule has 172 valence electrons. The Morgan fingerprint density at radius 2 is 1.76 bits per heavy atom. The molecule has 3 heterocycles. The van der Waals surface area contributed by atoms with Crippen molar-refractivity contribution in [1.29, 1.82) is 0 Å². The van der Waals surface area contributed by atoms with E-state index in [1.54, 1.807) is 24.1 Å². The van der Waals surface area contributed by atoms with Crippen LogP contribution in [0.5, 0.6) is 5.75 Å². The number of methoxy groups -OCH3 is 1. The third kappa shape index (κ3) is 3.31. The van der Waals surface area contributed by atoms with Gasteiger partial charge in [-0.25, -0.2) is 4.39 Å². The molecule has 3 amide bonds. The minimum absolute atomic E-state index is 0.180. The lowest BCUT2D eigenvalue weighted by Crippen LogP contribution is -2.63. The Kier molecular flexibility index (Phi) is 5.20. The fourth-order valence-electron chi connectivity index (χ4n) is 5.67. The van der Waals surface area contributed by atoms with Crippen molar-refractivity contribution in [1.82, 2.24) is 15.1 Å². The summed E-state index contributed by atoms with van der Waals surface area (Å²) in [6, 6.07) is 13.0. The molecular weight excluding hydrogens is 425 g/mol. The molecule has 0 aliphatic carbocycles. The first-order chi connectivity index (χ1) is 15.9. The smallest absolute Gasteiger partial charge is 0.244 e. The number of halogens is 1. The fourth-order valence-corrected chi connectivity index (χ4v) is 5.67. The number of carbonyl (C=O) groups is 3. The van der Waals surface area contributed by atoms with E-state index in [0.29, 0.717) is 31.7 Å². The van der Waals surface area contributed by atoms with Gasteiger partial charge in [0, 0.05) is 26.2 Å².